The Morgan fingerprint density at radius 3 is 2.88 bits per heavy atom. The van der Waals surface area contributed by atoms with Gasteiger partial charge in [-0.2, -0.15) is 0 Å². The molecule has 88 valence electrons. The lowest BCUT2D eigenvalue weighted by molar-refractivity contribution is -0.131. The van der Waals surface area contributed by atoms with E-state index in [-0.39, 0.29) is 5.97 Å². The number of aromatic nitrogens is 1. The van der Waals surface area contributed by atoms with Crippen LogP contribution in [-0.2, 0) is 11.2 Å². The lowest BCUT2D eigenvalue weighted by atomic mass is 10.0. The van der Waals surface area contributed by atoms with Crippen LogP contribution in [-0.4, -0.2) is 11.0 Å². The zero-order valence-electron chi connectivity index (χ0n) is 10.3. The number of hydrogen-bond acceptors (Lipinski definition) is 3. The van der Waals surface area contributed by atoms with E-state index < -0.39 is 0 Å². The van der Waals surface area contributed by atoms with E-state index in [0.29, 0.717) is 5.75 Å². The monoisotopic (exact) mass is 229 g/mol. The minimum atomic E-state index is -0.315. The standard InChI is InChI=1S/C14H15NO2/c1-4-11-8-9(2)14(17-10(3)16)13-12(11)6-5-7-15-13/h5-8H,4H2,1-3H3. The molecule has 2 aromatic rings. The van der Waals surface area contributed by atoms with Crippen molar-refractivity contribution in [1.29, 1.82) is 0 Å². The number of carbonyl (C=O) groups excluding carboxylic acids is 1. The predicted molar refractivity (Wildman–Crippen MR) is 67.2 cm³/mol. The van der Waals surface area contributed by atoms with Crippen LogP contribution in [0.4, 0.5) is 0 Å². The summed E-state index contributed by atoms with van der Waals surface area (Å²) in [4.78, 5) is 15.4. The van der Waals surface area contributed by atoms with Gasteiger partial charge in [-0.25, -0.2) is 0 Å². The molecule has 0 aliphatic carbocycles. The lowest BCUT2D eigenvalue weighted by Crippen LogP contribution is -2.05. The Hall–Kier alpha value is -1.90. The van der Waals surface area contributed by atoms with E-state index in [1.54, 1.807) is 6.20 Å². The number of ether oxygens (including phenoxy) is 1. The Morgan fingerprint density at radius 2 is 2.24 bits per heavy atom. The van der Waals surface area contributed by atoms with Crippen molar-refractivity contribution in [2.45, 2.75) is 27.2 Å². The van der Waals surface area contributed by atoms with Gasteiger partial charge in [-0.05, 0) is 30.5 Å². The second-order valence-corrected chi connectivity index (χ2v) is 4.03. The van der Waals surface area contributed by atoms with Crippen molar-refractivity contribution < 1.29 is 9.53 Å². The number of nitrogens with zero attached hydrogens (tertiary/aromatic N) is 1. The van der Waals surface area contributed by atoms with Gasteiger partial charge in [0.25, 0.3) is 0 Å². The molecule has 0 aliphatic rings. The summed E-state index contributed by atoms with van der Waals surface area (Å²) in [7, 11) is 0. The van der Waals surface area contributed by atoms with Crippen molar-refractivity contribution in [3.8, 4) is 5.75 Å². The Kier molecular flexibility index (Phi) is 3.09. The van der Waals surface area contributed by atoms with Crippen LogP contribution < -0.4 is 4.74 Å². The fourth-order valence-electron chi connectivity index (χ4n) is 2.00. The maximum atomic E-state index is 11.1. The van der Waals surface area contributed by atoms with Gasteiger partial charge in [0.1, 0.15) is 5.52 Å². The fourth-order valence-corrected chi connectivity index (χ4v) is 2.00. The zero-order valence-corrected chi connectivity index (χ0v) is 10.3. The van der Waals surface area contributed by atoms with Crippen molar-refractivity contribution in [1.82, 2.24) is 4.98 Å². The molecule has 0 spiro atoms. The molecule has 1 aromatic carbocycles. The van der Waals surface area contributed by atoms with Crippen molar-refractivity contribution in [3.05, 3.63) is 35.5 Å². The van der Waals surface area contributed by atoms with Gasteiger partial charge >= 0.3 is 5.97 Å². The van der Waals surface area contributed by atoms with Crippen molar-refractivity contribution in [3.63, 3.8) is 0 Å². The van der Waals surface area contributed by atoms with Crippen LogP contribution in [0.1, 0.15) is 25.0 Å². The van der Waals surface area contributed by atoms with Gasteiger partial charge in [-0.15, -0.1) is 0 Å². The Morgan fingerprint density at radius 1 is 1.47 bits per heavy atom. The summed E-state index contributed by atoms with van der Waals surface area (Å²) in [5.74, 6) is 0.259. The summed E-state index contributed by atoms with van der Waals surface area (Å²) in [6.45, 7) is 5.44. The highest BCUT2D eigenvalue weighted by molar-refractivity contribution is 5.90. The van der Waals surface area contributed by atoms with Crippen LogP contribution in [0, 0.1) is 6.92 Å². The number of pyridine rings is 1. The third-order valence-electron chi connectivity index (χ3n) is 2.74. The SMILES string of the molecule is CCc1cc(C)c(OC(C)=O)c2ncccc12. The fraction of sp³-hybridized carbons (Fsp3) is 0.286. The van der Waals surface area contributed by atoms with Crippen LogP contribution in [0.2, 0.25) is 0 Å². The molecule has 0 saturated carbocycles. The molecule has 0 aliphatic heterocycles. The highest BCUT2D eigenvalue weighted by Crippen LogP contribution is 2.31. The number of benzene rings is 1. The smallest absolute Gasteiger partial charge is 0.308 e. The summed E-state index contributed by atoms with van der Waals surface area (Å²) in [5.41, 5.74) is 2.93. The molecule has 3 nitrogen and oxygen atoms in total. The van der Waals surface area contributed by atoms with E-state index in [4.69, 9.17) is 4.74 Å². The average Bonchev–Trinajstić information content (AvgIpc) is 2.32. The first kappa shape index (κ1) is 11.6. The van der Waals surface area contributed by atoms with E-state index >= 15 is 0 Å². The number of esters is 1. The van der Waals surface area contributed by atoms with Crippen molar-refractivity contribution in [2.75, 3.05) is 0 Å². The van der Waals surface area contributed by atoms with Gasteiger partial charge in [0.2, 0.25) is 0 Å². The third kappa shape index (κ3) is 2.13. The second kappa shape index (κ2) is 4.53. The predicted octanol–water partition coefficient (Wildman–Crippen LogP) is 3.03. The molecule has 0 saturated heterocycles. The summed E-state index contributed by atoms with van der Waals surface area (Å²) in [6, 6.07) is 5.96. The zero-order chi connectivity index (χ0) is 12.4. The van der Waals surface area contributed by atoms with Crippen LogP contribution in [0.25, 0.3) is 10.9 Å². The maximum absolute atomic E-state index is 11.1. The van der Waals surface area contributed by atoms with Crippen molar-refractivity contribution in [2.24, 2.45) is 0 Å². The molecular formula is C14H15NO2. The van der Waals surface area contributed by atoms with Crippen LogP contribution in [0.3, 0.4) is 0 Å². The molecule has 0 amide bonds. The molecule has 17 heavy (non-hydrogen) atoms. The van der Waals surface area contributed by atoms with Crippen LogP contribution in [0.15, 0.2) is 24.4 Å². The van der Waals surface area contributed by atoms with E-state index in [0.717, 1.165) is 22.9 Å². The summed E-state index contributed by atoms with van der Waals surface area (Å²) in [5, 5.41) is 1.05. The molecule has 0 N–H and O–H groups in total. The molecule has 0 unspecified atom stereocenters. The molecular weight excluding hydrogens is 214 g/mol. The Bertz CT molecular complexity index is 576. The summed E-state index contributed by atoms with van der Waals surface area (Å²) in [6.07, 6.45) is 2.65. The molecule has 0 bridgehead atoms. The minimum absolute atomic E-state index is 0.315. The van der Waals surface area contributed by atoms with E-state index in [9.17, 15) is 4.79 Å². The minimum Gasteiger partial charge on any atom is -0.424 e. The Labute approximate surface area is 100 Å². The highest BCUT2D eigenvalue weighted by Gasteiger charge is 2.12. The highest BCUT2D eigenvalue weighted by atomic mass is 16.5. The van der Waals surface area contributed by atoms with Gasteiger partial charge < -0.3 is 4.74 Å². The summed E-state index contributed by atoms with van der Waals surface area (Å²) >= 11 is 0. The molecule has 2 rings (SSSR count). The molecule has 0 atom stereocenters. The van der Waals surface area contributed by atoms with Crippen LogP contribution in [0.5, 0.6) is 5.75 Å². The molecule has 0 fully saturated rings. The molecule has 3 heteroatoms. The average molecular weight is 229 g/mol. The Balaban J connectivity index is 2.75. The van der Waals surface area contributed by atoms with Gasteiger partial charge in [-0.3, -0.25) is 9.78 Å². The maximum Gasteiger partial charge on any atom is 0.308 e. The van der Waals surface area contributed by atoms with Gasteiger partial charge in [0, 0.05) is 18.5 Å². The van der Waals surface area contributed by atoms with Gasteiger partial charge in [0.15, 0.2) is 5.75 Å². The third-order valence-corrected chi connectivity index (χ3v) is 2.74. The topological polar surface area (TPSA) is 39.2 Å². The lowest BCUT2D eigenvalue weighted by Gasteiger charge is -2.11. The molecule has 1 aromatic heterocycles. The van der Waals surface area contributed by atoms with Crippen LogP contribution >= 0.6 is 0 Å². The number of rotatable bonds is 2. The normalized spacial score (nSPS) is 10.5. The quantitative estimate of drug-likeness (QED) is 0.587. The first-order valence-corrected chi connectivity index (χ1v) is 5.69. The van der Waals surface area contributed by atoms with E-state index in [1.165, 1.54) is 12.5 Å². The van der Waals surface area contributed by atoms with Gasteiger partial charge in [0.05, 0.1) is 0 Å². The van der Waals surface area contributed by atoms with E-state index in [1.807, 2.05) is 19.1 Å². The summed E-state index contributed by atoms with van der Waals surface area (Å²) < 4.78 is 5.26. The number of carbonyl (C=O) groups is 1. The first-order valence-electron chi connectivity index (χ1n) is 5.69. The van der Waals surface area contributed by atoms with E-state index in [2.05, 4.69) is 18.0 Å². The van der Waals surface area contributed by atoms with Gasteiger partial charge in [-0.1, -0.05) is 19.1 Å². The number of hydrogen-bond donors (Lipinski definition) is 0. The molecule has 0 radical (unpaired) electrons. The second-order valence-electron chi connectivity index (χ2n) is 4.03. The van der Waals surface area contributed by atoms with Crippen molar-refractivity contribution >= 4 is 16.9 Å². The largest absolute Gasteiger partial charge is 0.424 e. The first-order chi connectivity index (χ1) is 8.13. The number of fused-ring (bicyclic) bond motifs is 1. The molecule has 1 heterocycles. The number of aryl methyl sites for hydroxylation is 2.